The number of aryl methyl sites for hydroxylation is 2. The molecule has 1 aliphatic heterocycles. The second-order valence-electron chi connectivity index (χ2n) is 7.56. The molecule has 2 amide bonds. The van der Waals surface area contributed by atoms with Crippen LogP contribution >= 0.6 is 0 Å². The molecule has 1 unspecified atom stereocenters. The summed E-state index contributed by atoms with van der Waals surface area (Å²) >= 11 is 0. The molecule has 2 N–H and O–H groups in total. The van der Waals surface area contributed by atoms with Gasteiger partial charge in [-0.1, -0.05) is 12.1 Å². The first kappa shape index (κ1) is 18.5. The van der Waals surface area contributed by atoms with Crippen molar-refractivity contribution in [3.63, 3.8) is 0 Å². The lowest BCUT2D eigenvalue weighted by Crippen LogP contribution is -2.46. The molecule has 1 aromatic carbocycles. The van der Waals surface area contributed by atoms with E-state index in [1.54, 1.807) is 6.08 Å². The van der Waals surface area contributed by atoms with Crippen molar-refractivity contribution < 1.29 is 13.2 Å². The number of carbonyl (C=O) groups excluding carboxylic acids is 1. The predicted molar refractivity (Wildman–Crippen MR) is 106 cm³/mol. The molecule has 145 valence electrons. The molecular weight excluding hydrogens is 362 g/mol. The van der Waals surface area contributed by atoms with Gasteiger partial charge in [-0.3, -0.25) is 4.90 Å². The number of urea groups is 1. The quantitative estimate of drug-likeness (QED) is 0.813. The molecule has 1 radical (unpaired) electrons. The highest BCUT2D eigenvalue weighted by atomic mass is 32.2. The average molecular weight is 389 g/mol. The molecule has 1 saturated heterocycles. The zero-order chi connectivity index (χ0) is 19.0. The maximum absolute atomic E-state index is 12.4. The highest BCUT2D eigenvalue weighted by Crippen LogP contribution is 2.38. The summed E-state index contributed by atoms with van der Waals surface area (Å²) in [5, 5.41) is 3.95. The Kier molecular flexibility index (Phi) is 4.99. The van der Waals surface area contributed by atoms with Crippen molar-refractivity contribution in [2.45, 2.75) is 51.0 Å². The number of rotatable bonds is 5. The molecule has 3 aliphatic rings. The first-order valence-corrected chi connectivity index (χ1v) is 11.2. The summed E-state index contributed by atoms with van der Waals surface area (Å²) in [6.45, 7) is 5.39. The lowest BCUT2D eigenvalue weighted by molar-refractivity contribution is 0.143. The first-order valence-electron chi connectivity index (χ1n) is 9.68. The SMILES string of the molecule is [CH2]CN1CCC1/C=C/S(=O)(=O)NC(=O)Nc1c2c(cc3c1CCC3)CCC2. The molecule has 0 bridgehead atoms. The third-order valence-electron chi connectivity index (χ3n) is 5.89. The van der Waals surface area contributed by atoms with Crippen LogP contribution in [0.5, 0.6) is 0 Å². The van der Waals surface area contributed by atoms with Gasteiger partial charge in [0.2, 0.25) is 0 Å². The Morgan fingerprint density at radius 2 is 1.85 bits per heavy atom. The molecule has 0 saturated carbocycles. The molecule has 1 fully saturated rings. The standard InChI is InChI=1S/C20H26N3O3S/c1-2-23-11-9-16(23)10-12-27(25,26)22-20(24)21-19-17-7-3-5-14(17)13-15-6-4-8-18(15)19/h10,12-13,16H,1-9,11H2,(H2,21,22,24)/b12-10+. The van der Waals surface area contributed by atoms with E-state index < -0.39 is 16.1 Å². The van der Waals surface area contributed by atoms with Crippen LogP contribution in [0.15, 0.2) is 17.6 Å². The molecule has 27 heavy (non-hydrogen) atoms. The number of nitrogens with zero attached hydrogens (tertiary/aromatic N) is 1. The Labute approximate surface area is 161 Å². The molecular formula is C20H26N3O3S. The summed E-state index contributed by atoms with van der Waals surface area (Å²) in [5.74, 6) is 0. The highest BCUT2D eigenvalue weighted by Gasteiger charge is 2.26. The van der Waals surface area contributed by atoms with Crippen LogP contribution in [0.3, 0.4) is 0 Å². The van der Waals surface area contributed by atoms with E-state index in [0.29, 0.717) is 6.54 Å². The monoisotopic (exact) mass is 388 g/mol. The minimum absolute atomic E-state index is 0.0859. The van der Waals surface area contributed by atoms with E-state index in [4.69, 9.17) is 0 Å². The number of nitrogens with one attached hydrogen (secondary N) is 2. The topological polar surface area (TPSA) is 78.5 Å². The van der Waals surface area contributed by atoms with Crippen LogP contribution in [0.4, 0.5) is 10.5 Å². The number of hydrogen-bond donors (Lipinski definition) is 2. The van der Waals surface area contributed by atoms with Crippen molar-refractivity contribution in [3.8, 4) is 0 Å². The fraction of sp³-hybridized carbons (Fsp3) is 0.500. The van der Waals surface area contributed by atoms with Crippen LogP contribution in [-0.2, 0) is 35.7 Å². The minimum atomic E-state index is -3.82. The van der Waals surface area contributed by atoms with Crippen LogP contribution < -0.4 is 10.0 Å². The summed E-state index contributed by atoms with van der Waals surface area (Å²) < 4.78 is 26.6. The zero-order valence-corrected chi connectivity index (χ0v) is 16.3. The van der Waals surface area contributed by atoms with Crippen molar-refractivity contribution in [2.24, 2.45) is 0 Å². The number of fused-ring (bicyclic) bond motifs is 2. The number of carbonyl (C=O) groups is 1. The summed E-state index contributed by atoms with van der Waals surface area (Å²) in [5.41, 5.74) is 5.80. The van der Waals surface area contributed by atoms with Gasteiger partial charge in [-0.15, -0.1) is 0 Å². The van der Waals surface area contributed by atoms with Crippen LogP contribution in [-0.4, -0.2) is 38.5 Å². The van der Waals surface area contributed by atoms with Crippen LogP contribution in [0.25, 0.3) is 0 Å². The maximum atomic E-state index is 12.4. The number of amides is 2. The number of likely N-dealkylation sites (tertiary alicyclic amines) is 1. The van der Waals surface area contributed by atoms with Crippen molar-refractivity contribution >= 4 is 21.7 Å². The molecule has 1 atom stereocenters. The van der Waals surface area contributed by atoms with E-state index >= 15 is 0 Å². The largest absolute Gasteiger partial charge is 0.333 e. The van der Waals surface area contributed by atoms with E-state index in [1.165, 1.54) is 22.3 Å². The third-order valence-corrected chi connectivity index (χ3v) is 6.88. The Morgan fingerprint density at radius 1 is 1.19 bits per heavy atom. The Balaban J connectivity index is 1.46. The third kappa shape index (κ3) is 3.75. The summed E-state index contributed by atoms with van der Waals surface area (Å²) in [7, 11) is -3.82. The molecule has 1 aromatic rings. The van der Waals surface area contributed by atoms with Gasteiger partial charge in [-0.25, -0.2) is 17.9 Å². The lowest BCUT2D eigenvalue weighted by atomic mass is 9.99. The average Bonchev–Trinajstić information content (AvgIpc) is 3.22. The van der Waals surface area contributed by atoms with E-state index in [2.05, 4.69) is 27.9 Å². The van der Waals surface area contributed by atoms with Crippen molar-refractivity contribution in [1.29, 1.82) is 0 Å². The van der Waals surface area contributed by atoms with Crippen LogP contribution in [0.1, 0.15) is 41.5 Å². The molecule has 6 nitrogen and oxygen atoms in total. The fourth-order valence-electron chi connectivity index (χ4n) is 4.42. The summed E-state index contributed by atoms with van der Waals surface area (Å²) in [6.07, 6.45) is 8.65. The van der Waals surface area contributed by atoms with Crippen LogP contribution in [0, 0.1) is 6.92 Å². The van der Waals surface area contributed by atoms with E-state index in [0.717, 1.165) is 62.6 Å². The minimum Gasteiger partial charge on any atom is -0.307 e. The van der Waals surface area contributed by atoms with Crippen molar-refractivity contribution in [2.75, 3.05) is 18.4 Å². The highest BCUT2D eigenvalue weighted by molar-refractivity contribution is 7.92. The van der Waals surface area contributed by atoms with E-state index in [9.17, 15) is 13.2 Å². The Hall–Kier alpha value is -1.86. The number of benzene rings is 1. The normalized spacial score (nSPS) is 21.7. The van der Waals surface area contributed by atoms with Gasteiger partial charge >= 0.3 is 6.03 Å². The van der Waals surface area contributed by atoms with Gasteiger partial charge in [0.1, 0.15) is 0 Å². The van der Waals surface area contributed by atoms with Gasteiger partial charge in [0.05, 0.1) is 0 Å². The molecule has 2 aliphatic carbocycles. The smallest absolute Gasteiger partial charge is 0.307 e. The predicted octanol–water partition coefficient (Wildman–Crippen LogP) is 2.54. The second kappa shape index (κ2) is 7.28. The first-order chi connectivity index (χ1) is 13.0. The van der Waals surface area contributed by atoms with Gasteiger partial charge in [0.25, 0.3) is 10.0 Å². The lowest BCUT2D eigenvalue weighted by Gasteiger charge is -2.38. The molecule has 0 aromatic heterocycles. The Bertz CT molecular complexity index is 858. The maximum Gasteiger partial charge on any atom is 0.333 e. The van der Waals surface area contributed by atoms with Crippen LogP contribution in [0.2, 0.25) is 0 Å². The number of sulfonamides is 1. The molecule has 0 spiro atoms. The molecule has 1 heterocycles. The summed E-state index contributed by atoms with van der Waals surface area (Å²) in [4.78, 5) is 14.5. The van der Waals surface area contributed by atoms with Crippen molar-refractivity contribution in [1.82, 2.24) is 9.62 Å². The zero-order valence-electron chi connectivity index (χ0n) is 15.5. The van der Waals surface area contributed by atoms with Gasteiger partial charge in [0.15, 0.2) is 0 Å². The van der Waals surface area contributed by atoms with Gasteiger partial charge < -0.3 is 5.32 Å². The number of hydrogen-bond acceptors (Lipinski definition) is 4. The number of anilines is 1. The van der Waals surface area contributed by atoms with Gasteiger partial charge in [-0.05, 0) is 80.7 Å². The Morgan fingerprint density at radius 3 is 2.41 bits per heavy atom. The van der Waals surface area contributed by atoms with Gasteiger partial charge in [-0.2, -0.15) is 0 Å². The van der Waals surface area contributed by atoms with Crippen molar-refractivity contribution in [3.05, 3.63) is 46.7 Å². The van der Waals surface area contributed by atoms with E-state index in [1.807, 2.05) is 0 Å². The second-order valence-corrected chi connectivity index (χ2v) is 9.12. The summed E-state index contributed by atoms with van der Waals surface area (Å²) in [6, 6.07) is 1.68. The fourth-order valence-corrected chi connectivity index (χ4v) is 5.19. The molecule has 7 heteroatoms. The van der Waals surface area contributed by atoms with Gasteiger partial charge in [0, 0.05) is 23.7 Å². The van der Waals surface area contributed by atoms with E-state index in [-0.39, 0.29) is 6.04 Å². The molecule has 4 rings (SSSR count).